The molecule has 35 heavy (non-hydrogen) atoms. The summed E-state index contributed by atoms with van der Waals surface area (Å²) in [5, 5.41) is 10.1. The van der Waals surface area contributed by atoms with E-state index >= 15 is 0 Å². The van der Waals surface area contributed by atoms with Gasteiger partial charge >= 0.3 is 0 Å². The predicted octanol–water partition coefficient (Wildman–Crippen LogP) is 4.04. The molecule has 2 aromatic carbocycles. The first-order valence-electron chi connectivity index (χ1n) is 11.6. The Morgan fingerprint density at radius 2 is 2.03 bits per heavy atom. The summed E-state index contributed by atoms with van der Waals surface area (Å²) < 4.78 is 11.0. The number of hydrogen-bond donors (Lipinski definition) is 3. The Morgan fingerprint density at radius 3 is 2.89 bits per heavy atom. The fourth-order valence-electron chi connectivity index (χ4n) is 4.13. The third kappa shape index (κ3) is 5.58. The lowest BCUT2D eigenvalue weighted by molar-refractivity contribution is 0.0916. The van der Waals surface area contributed by atoms with E-state index in [1.165, 1.54) is 0 Å². The maximum Gasteiger partial charge on any atom is 0.251 e. The monoisotopic (exact) mass is 494 g/mol. The molecule has 3 heterocycles. The van der Waals surface area contributed by atoms with Crippen molar-refractivity contribution in [3.05, 3.63) is 64.8 Å². The van der Waals surface area contributed by atoms with Crippen molar-refractivity contribution in [2.45, 2.75) is 25.4 Å². The Labute approximate surface area is 208 Å². The molecule has 182 valence electrons. The van der Waals surface area contributed by atoms with Crippen molar-refractivity contribution in [2.75, 3.05) is 37.6 Å². The van der Waals surface area contributed by atoms with Crippen LogP contribution in [0.1, 0.15) is 28.8 Å². The highest BCUT2D eigenvalue weighted by molar-refractivity contribution is 6.33. The van der Waals surface area contributed by atoms with Gasteiger partial charge in [-0.05, 0) is 68.9 Å². The van der Waals surface area contributed by atoms with Crippen LogP contribution in [0.5, 0.6) is 11.5 Å². The average molecular weight is 495 g/mol. The minimum Gasteiger partial charge on any atom is -0.454 e. The van der Waals surface area contributed by atoms with E-state index in [2.05, 4.69) is 37.9 Å². The summed E-state index contributed by atoms with van der Waals surface area (Å²) >= 11 is 6.36. The topological polar surface area (TPSA) is 101 Å². The first kappa shape index (κ1) is 23.2. The fraction of sp³-hybridized carbons (Fsp3) is 0.320. The molecule has 1 fully saturated rings. The molecule has 10 heteroatoms. The van der Waals surface area contributed by atoms with Gasteiger partial charge in [-0.25, -0.2) is 4.98 Å². The van der Waals surface area contributed by atoms with E-state index in [0.29, 0.717) is 46.1 Å². The molecule has 1 saturated heterocycles. The van der Waals surface area contributed by atoms with Crippen molar-refractivity contribution < 1.29 is 14.3 Å². The molecule has 1 aromatic heterocycles. The van der Waals surface area contributed by atoms with Crippen LogP contribution < -0.4 is 25.4 Å². The van der Waals surface area contributed by atoms with Crippen LogP contribution in [0.15, 0.2) is 48.7 Å². The maximum absolute atomic E-state index is 12.7. The van der Waals surface area contributed by atoms with Crippen LogP contribution in [0.25, 0.3) is 0 Å². The van der Waals surface area contributed by atoms with E-state index in [-0.39, 0.29) is 18.7 Å². The van der Waals surface area contributed by atoms with Crippen molar-refractivity contribution >= 4 is 35.0 Å². The fourth-order valence-corrected chi connectivity index (χ4v) is 4.33. The van der Waals surface area contributed by atoms with Crippen molar-refractivity contribution in [1.82, 2.24) is 20.2 Å². The summed E-state index contributed by atoms with van der Waals surface area (Å²) in [4.78, 5) is 23.8. The summed E-state index contributed by atoms with van der Waals surface area (Å²) in [6, 6.07) is 13.1. The van der Waals surface area contributed by atoms with Gasteiger partial charge in [0.2, 0.25) is 12.7 Å². The van der Waals surface area contributed by atoms with Gasteiger partial charge in [0.1, 0.15) is 11.5 Å². The number of ether oxygens (including phenoxy) is 2. The van der Waals surface area contributed by atoms with Crippen molar-refractivity contribution in [2.24, 2.45) is 0 Å². The van der Waals surface area contributed by atoms with Gasteiger partial charge in [0.15, 0.2) is 11.5 Å². The third-order valence-corrected chi connectivity index (χ3v) is 6.41. The van der Waals surface area contributed by atoms with E-state index in [9.17, 15) is 4.79 Å². The Hall–Kier alpha value is -3.56. The normalized spacial score (nSPS) is 15.6. The lowest BCUT2D eigenvalue weighted by Crippen LogP contribution is -2.43. The van der Waals surface area contributed by atoms with Gasteiger partial charge in [-0.2, -0.15) is 4.98 Å². The number of carbonyl (C=O) groups is 1. The average Bonchev–Trinajstić information content (AvgIpc) is 3.36. The predicted molar refractivity (Wildman–Crippen MR) is 135 cm³/mol. The molecule has 0 radical (unpaired) electrons. The molecule has 0 unspecified atom stereocenters. The van der Waals surface area contributed by atoms with Gasteiger partial charge in [-0.1, -0.05) is 23.7 Å². The number of anilines is 3. The zero-order valence-electron chi connectivity index (χ0n) is 19.4. The van der Waals surface area contributed by atoms with Gasteiger partial charge in [-0.3, -0.25) is 4.79 Å². The first-order valence-corrected chi connectivity index (χ1v) is 11.9. The number of rotatable bonds is 7. The molecule has 2 aliphatic rings. The Morgan fingerprint density at radius 1 is 1.17 bits per heavy atom. The van der Waals surface area contributed by atoms with Gasteiger partial charge in [0, 0.05) is 24.3 Å². The lowest BCUT2D eigenvalue weighted by Gasteiger charge is -2.29. The molecule has 0 saturated carbocycles. The molecule has 2 aliphatic heterocycles. The summed E-state index contributed by atoms with van der Waals surface area (Å²) in [5.41, 5.74) is 2.20. The van der Waals surface area contributed by atoms with E-state index in [4.69, 9.17) is 21.1 Å². The molecular weight excluding hydrogens is 468 g/mol. The number of benzene rings is 2. The van der Waals surface area contributed by atoms with Crippen LogP contribution in [0, 0.1) is 0 Å². The number of nitrogens with zero attached hydrogens (tertiary/aromatic N) is 3. The number of aromatic nitrogens is 2. The third-order valence-electron chi connectivity index (χ3n) is 6.09. The smallest absolute Gasteiger partial charge is 0.251 e. The van der Waals surface area contributed by atoms with Crippen LogP contribution in [-0.2, 0) is 6.54 Å². The zero-order chi connectivity index (χ0) is 24.2. The van der Waals surface area contributed by atoms with E-state index < -0.39 is 0 Å². The summed E-state index contributed by atoms with van der Waals surface area (Å²) in [7, 11) is 2.11. The van der Waals surface area contributed by atoms with Gasteiger partial charge in [0.25, 0.3) is 5.91 Å². The largest absolute Gasteiger partial charge is 0.454 e. The van der Waals surface area contributed by atoms with Crippen molar-refractivity contribution in [1.29, 1.82) is 0 Å². The van der Waals surface area contributed by atoms with E-state index in [1.807, 2.05) is 24.3 Å². The molecule has 0 bridgehead atoms. The van der Waals surface area contributed by atoms with Crippen LogP contribution in [-0.4, -0.2) is 53.7 Å². The molecule has 3 aromatic rings. The number of fused-ring (bicyclic) bond motifs is 1. The van der Waals surface area contributed by atoms with Gasteiger partial charge in [0.05, 0.1) is 5.02 Å². The molecule has 5 rings (SSSR count). The number of piperidine rings is 1. The molecule has 3 N–H and O–H groups in total. The van der Waals surface area contributed by atoms with Crippen LogP contribution in [0.2, 0.25) is 5.02 Å². The first-order chi connectivity index (χ1) is 17.0. The highest BCUT2D eigenvalue weighted by Crippen LogP contribution is 2.44. The van der Waals surface area contributed by atoms with E-state index in [0.717, 1.165) is 31.5 Å². The van der Waals surface area contributed by atoms with Crippen molar-refractivity contribution in [3.8, 4) is 11.5 Å². The van der Waals surface area contributed by atoms with Crippen LogP contribution in [0.3, 0.4) is 0 Å². The second kappa shape index (κ2) is 10.4. The SMILES string of the molecule is CN1CCC(NC(=O)c2cccc(CNc3nccc(Nc4c(Cl)ccc5c4OCO5)n3)c2)CC1. The summed E-state index contributed by atoms with van der Waals surface area (Å²) in [5.74, 6) is 2.14. The highest BCUT2D eigenvalue weighted by atomic mass is 35.5. The summed E-state index contributed by atoms with van der Waals surface area (Å²) in [6.07, 6.45) is 3.60. The Bertz CT molecular complexity index is 1220. The van der Waals surface area contributed by atoms with Gasteiger partial charge in [-0.15, -0.1) is 0 Å². The van der Waals surface area contributed by atoms with Gasteiger partial charge < -0.3 is 30.3 Å². The second-order valence-electron chi connectivity index (χ2n) is 8.65. The number of nitrogens with one attached hydrogen (secondary N) is 3. The Kier molecular flexibility index (Phi) is 6.87. The van der Waals surface area contributed by atoms with Crippen molar-refractivity contribution in [3.63, 3.8) is 0 Å². The molecule has 0 spiro atoms. The second-order valence-corrected chi connectivity index (χ2v) is 9.06. The minimum absolute atomic E-state index is 0.0395. The maximum atomic E-state index is 12.7. The number of likely N-dealkylation sites (tertiary alicyclic amines) is 1. The number of hydrogen-bond acceptors (Lipinski definition) is 8. The number of halogens is 1. The molecular formula is C25H27ClN6O3. The van der Waals surface area contributed by atoms with E-state index in [1.54, 1.807) is 24.4 Å². The summed E-state index contributed by atoms with van der Waals surface area (Å²) in [6.45, 7) is 2.62. The van der Waals surface area contributed by atoms with Crippen LogP contribution >= 0.6 is 11.6 Å². The number of amides is 1. The highest BCUT2D eigenvalue weighted by Gasteiger charge is 2.21. The lowest BCUT2D eigenvalue weighted by atomic mass is 10.0. The number of carbonyl (C=O) groups excluding carboxylic acids is 1. The molecule has 0 atom stereocenters. The molecule has 1 amide bonds. The molecule has 0 aliphatic carbocycles. The standard InChI is InChI=1S/C25H27ClN6O3/c1-32-11-8-18(9-12-32)29-24(33)17-4-2-3-16(13-17)14-28-25-27-10-7-21(31-25)30-22-19(26)5-6-20-23(22)35-15-34-20/h2-7,10,13,18H,8-9,11-12,14-15H2,1H3,(H,29,33)(H2,27,28,30,31). The Balaban J connectivity index is 1.21. The minimum atomic E-state index is -0.0395. The quantitative estimate of drug-likeness (QED) is 0.452. The zero-order valence-corrected chi connectivity index (χ0v) is 20.1. The molecule has 9 nitrogen and oxygen atoms in total. The van der Waals surface area contributed by atoms with Crippen LogP contribution in [0.4, 0.5) is 17.5 Å².